The summed E-state index contributed by atoms with van der Waals surface area (Å²) in [6.07, 6.45) is 7.30. The summed E-state index contributed by atoms with van der Waals surface area (Å²) in [7, 11) is 0. The van der Waals surface area contributed by atoms with Crippen LogP contribution in [-0.4, -0.2) is 24.0 Å². The first-order chi connectivity index (χ1) is 11.4. The Labute approximate surface area is 151 Å². The highest BCUT2D eigenvalue weighted by atomic mass is 32.2. The quantitative estimate of drug-likeness (QED) is 0.443. The van der Waals surface area contributed by atoms with Crippen molar-refractivity contribution >= 4 is 23.5 Å². The SMILES string of the molecule is CCCCCCCSc1ccc2c(c1)CCN2C(=O)OC(C)(C)C. The van der Waals surface area contributed by atoms with Gasteiger partial charge in [0.1, 0.15) is 5.60 Å². The van der Waals surface area contributed by atoms with Gasteiger partial charge in [-0.2, -0.15) is 0 Å². The number of benzene rings is 1. The summed E-state index contributed by atoms with van der Waals surface area (Å²) in [5.41, 5.74) is 1.82. The number of carbonyl (C=O) groups excluding carboxylic acids is 1. The highest BCUT2D eigenvalue weighted by Crippen LogP contribution is 2.33. The Morgan fingerprint density at radius 2 is 1.96 bits per heavy atom. The monoisotopic (exact) mass is 349 g/mol. The van der Waals surface area contributed by atoms with Crippen LogP contribution in [-0.2, 0) is 11.2 Å². The standard InChI is InChI=1S/C20H31NO2S/c1-5-6-7-8-9-14-24-17-10-11-18-16(15-17)12-13-21(18)19(22)23-20(2,3)4/h10-11,15H,5-9,12-14H2,1-4H3. The van der Waals surface area contributed by atoms with E-state index in [4.69, 9.17) is 4.74 Å². The molecule has 1 aliphatic heterocycles. The molecule has 2 rings (SSSR count). The smallest absolute Gasteiger partial charge is 0.414 e. The molecule has 4 heteroatoms. The van der Waals surface area contributed by atoms with Crippen LogP contribution >= 0.6 is 11.8 Å². The van der Waals surface area contributed by atoms with Crippen molar-refractivity contribution in [2.24, 2.45) is 0 Å². The zero-order valence-electron chi connectivity index (χ0n) is 15.6. The zero-order chi connectivity index (χ0) is 17.6. The molecule has 1 aliphatic rings. The molecule has 0 aliphatic carbocycles. The van der Waals surface area contributed by atoms with Crippen LogP contribution in [0.5, 0.6) is 0 Å². The molecule has 24 heavy (non-hydrogen) atoms. The van der Waals surface area contributed by atoms with Crippen molar-refractivity contribution in [3.8, 4) is 0 Å². The van der Waals surface area contributed by atoms with Crippen molar-refractivity contribution in [3.05, 3.63) is 23.8 Å². The Balaban J connectivity index is 1.87. The molecule has 0 atom stereocenters. The lowest BCUT2D eigenvalue weighted by atomic mass is 10.2. The number of ether oxygens (including phenoxy) is 1. The third-order valence-corrected chi connectivity index (χ3v) is 5.16. The van der Waals surface area contributed by atoms with E-state index < -0.39 is 5.60 Å². The fourth-order valence-electron chi connectivity index (χ4n) is 2.87. The lowest BCUT2D eigenvalue weighted by Crippen LogP contribution is -2.35. The number of hydrogen-bond donors (Lipinski definition) is 0. The summed E-state index contributed by atoms with van der Waals surface area (Å²) in [6, 6.07) is 6.46. The summed E-state index contributed by atoms with van der Waals surface area (Å²) in [4.78, 5) is 15.4. The number of unbranched alkanes of at least 4 members (excludes halogenated alkanes) is 4. The van der Waals surface area contributed by atoms with Crippen LogP contribution in [0.3, 0.4) is 0 Å². The molecule has 0 radical (unpaired) electrons. The van der Waals surface area contributed by atoms with Crippen molar-refractivity contribution in [3.63, 3.8) is 0 Å². The van der Waals surface area contributed by atoms with Gasteiger partial charge in [0, 0.05) is 11.4 Å². The molecule has 0 N–H and O–H groups in total. The van der Waals surface area contributed by atoms with Gasteiger partial charge < -0.3 is 4.74 Å². The first kappa shape index (κ1) is 19.2. The first-order valence-corrected chi connectivity index (χ1v) is 10.2. The number of fused-ring (bicyclic) bond motifs is 1. The maximum Gasteiger partial charge on any atom is 0.414 e. The number of rotatable bonds is 7. The van der Waals surface area contributed by atoms with Crippen LogP contribution < -0.4 is 4.90 Å². The van der Waals surface area contributed by atoms with E-state index >= 15 is 0 Å². The fourth-order valence-corrected chi connectivity index (χ4v) is 3.84. The maximum absolute atomic E-state index is 12.3. The fraction of sp³-hybridized carbons (Fsp3) is 0.650. The van der Waals surface area contributed by atoms with Crippen LogP contribution in [0.1, 0.15) is 65.4 Å². The number of thioether (sulfide) groups is 1. The second kappa shape index (κ2) is 8.80. The van der Waals surface area contributed by atoms with Crippen LogP contribution in [0.2, 0.25) is 0 Å². The van der Waals surface area contributed by atoms with Gasteiger partial charge in [0.15, 0.2) is 0 Å². The first-order valence-electron chi connectivity index (χ1n) is 9.17. The highest BCUT2D eigenvalue weighted by Gasteiger charge is 2.28. The van der Waals surface area contributed by atoms with E-state index in [1.54, 1.807) is 4.90 Å². The number of hydrogen-bond acceptors (Lipinski definition) is 3. The van der Waals surface area contributed by atoms with Crippen molar-refractivity contribution in [1.29, 1.82) is 0 Å². The Kier molecular flexibility index (Phi) is 7.02. The molecule has 0 saturated heterocycles. The van der Waals surface area contributed by atoms with Gasteiger partial charge in [-0.15, -0.1) is 11.8 Å². The van der Waals surface area contributed by atoms with Crippen molar-refractivity contribution < 1.29 is 9.53 Å². The minimum Gasteiger partial charge on any atom is -0.443 e. The second-order valence-electron chi connectivity index (χ2n) is 7.44. The normalized spacial score (nSPS) is 13.9. The third kappa shape index (κ3) is 5.73. The number of anilines is 1. The summed E-state index contributed by atoms with van der Waals surface area (Å²) >= 11 is 1.93. The molecule has 1 aromatic carbocycles. The molecule has 1 amide bonds. The lowest BCUT2D eigenvalue weighted by molar-refractivity contribution is 0.0584. The summed E-state index contributed by atoms with van der Waals surface area (Å²) < 4.78 is 5.50. The highest BCUT2D eigenvalue weighted by molar-refractivity contribution is 7.99. The van der Waals surface area contributed by atoms with Gasteiger partial charge in [0.05, 0.1) is 5.69 Å². The van der Waals surface area contributed by atoms with Gasteiger partial charge in [-0.05, 0) is 63.1 Å². The molecule has 3 nitrogen and oxygen atoms in total. The number of amides is 1. The minimum absolute atomic E-state index is 0.238. The predicted molar refractivity (Wildman–Crippen MR) is 103 cm³/mol. The number of carbonyl (C=O) groups is 1. The maximum atomic E-state index is 12.3. The van der Waals surface area contributed by atoms with E-state index in [0.717, 1.165) is 18.7 Å². The Hall–Kier alpha value is -1.16. The van der Waals surface area contributed by atoms with Crippen LogP contribution in [0.15, 0.2) is 23.1 Å². The van der Waals surface area contributed by atoms with Gasteiger partial charge in [0.2, 0.25) is 0 Å². The second-order valence-corrected chi connectivity index (χ2v) is 8.60. The Morgan fingerprint density at radius 1 is 1.21 bits per heavy atom. The zero-order valence-corrected chi connectivity index (χ0v) is 16.4. The summed E-state index contributed by atoms with van der Waals surface area (Å²) in [5.74, 6) is 1.18. The molecule has 0 bridgehead atoms. The molecule has 1 aromatic rings. The van der Waals surface area contributed by atoms with Gasteiger partial charge >= 0.3 is 6.09 Å². The largest absolute Gasteiger partial charge is 0.443 e. The van der Waals surface area contributed by atoms with Crippen LogP contribution in [0.4, 0.5) is 10.5 Å². The van der Waals surface area contributed by atoms with E-state index in [1.807, 2.05) is 32.5 Å². The van der Waals surface area contributed by atoms with Crippen molar-refractivity contribution in [1.82, 2.24) is 0 Å². The summed E-state index contributed by atoms with van der Waals surface area (Å²) in [5, 5.41) is 0. The van der Waals surface area contributed by atoms with E-state index in [2.05, 4.69) is 25.1 Å². The average molecular weight is 350 g/mol. The van der Waals surface area contributed by atoms with Gasteiger partial charge in [-0.3, -0.25) is 4.90 Å². The molecular formula is C20H31NO2S. The summed E-state index contributed by atoms with van der Waals surface area (Å²) in [6.45, 7) is 8.68. The van der Waals surface area contributed by atoms with E-state index in [0.29, 0.717) is 0 Å². The van der Waals surface area contributed by atoms with E-state index in [1.165, 1.54) is 48.3 Å². The number of nitrogens with zero attached hydrogens (tertiary/aromatic N) is 1. The molecule has 0 saturated carbocycles. The molecule has 1 heterocycles. The van der Waals surface area contributed by atoms with Gasteiger partial charge in [-0.25, -0.2) is 4.79 Å². The van der Waals surface area contributed by atoms with Crippen LogP contribution in [0.25, 0.3) is 0 Å². The molecule has 0 fully saturated rings. The Bertz CT molecular complexity index is 551. The third-order valence-electron chi connectivity index (χ3n) is 4.08. The minimum atomic E-state index is -0.451. The van der Waals surface area contributed by atoms with Gasteiger partial charge in [-0.1, -0.05) is 32.6 Å². The molecule has 0 unspecified atom stereocenters. The predicted octanol–water partition coefficient (Wildman–Crippen LogP) is 6.05. The lowest BCUT2D eigenvalue weighted by Gasteiger charge is -2.24. The topological polar surface area (TPSA) is 29.5 Å². The molecule has 0 aromatic heterocycles. The van der Waals surface area contributed by atoms with Gasteiger partial charge in [0.25, 0.3) is 0 Å². The molecule has 134 valence electrons. The van der Waals surface area contributed by atoms with E-state index in [9.17, 15) is 4.79 Å². The van der Waals surface area contributed by atoms with Crippen molar-refractivity contribution in [2.45, 2.75) is 76.7 Å². The van der Waals surface area contributed by atoms with Crippen molar-refractivity contribution in [2.75, 3.05) is 17.2 Å². The van der Waals surface area contributed by atoms with E-state index in [-0.39, 0.29) is 6.09 Å². The molecular weight excluding hydrogens is 318 g/mol. The Morgan fingerprint density at radius 3 is 2.67 bits per heavy atom. The molecule has 0 spiro atoms. The average Bonchev–Trinajstić information content (AvgIpc) is 2.92. The van der Waals surface area contributed by atoms with Crippen LogP contribution in [0, 0.1) is 0 Å².